The second kappa shape index (κ2) is 5.19. The van der Waals surface area contributed by atoms with E-state index < -0.39 is 18.3 Å². The number of rotatable bonds is 4. The Labute approximate surface area is 101 Å². The molecule has 0 aromatic carbocycles. The number of amides is 1. The first-order valence-electron chi connectivity index (χ1n) is 4.86. The van der Waals surface area contributed by atoms with E-state index in [4.69, 9.17) is 0 Å². The number of aromatic nitrogens is 1. The fourth-order valence-electron chi connectivity index (χ4n) is 1.04. The summed E-state index contributed by atoms with van der Waals surface area (Å²) >= 11 is 0. The fourth-order valence-corrected chi connectivity index (χ4v) is 1.04. The molecule has 1 aromatic rings. The van der Waals surface area contributed by atoms with Crippen LogP contribution in [0.2, 0.25) is 0 Å². The average Bonchev–Trinajstić information content (AvgIpc) is 2.29. The molecule has 0 atom stereocenters. The van der Waals surface area contributed by atoms with E-state index in [0.717, 1.165) is 6.20 Å². The zero-order chi connectivity index (χ0) is 13.9. The first-order chi connectivity index (χ1) is 8.25. The molecule has 1 amide bonds. The van der Waals surface area contributed by atoms with Gasteiger partial charge in [0.25, 0.3) is 0 Å². The number of pyridine rings is 1. The summed E-state index contributed by atoms with van der Waals surface area (Å²) in [6.45, 7) is 0. The summed E-state index contributed by atoms with van der Waals surface area (Å²) in [7, 11) is 3.43. The van der Waals surface area contributed by atoms with Gasteiger partial charge in [-0.15, -0.1) is 0 Å². The lowest BCUT2D eigenvalue weighted by Gasteiger charge is -2.15. The normalized spacial score (nSPS) is 11.5. The van der Waals surface area contributed by atoms with Gasteiger partial charge in [-0.1, -0.05) is 0 Å². The zero-order valence-electron chi connectivity index (χ0n) is 9.62. The maximum Gasteiger partial charge on any atom is 0.383 e. The van der Waals surface area contributed by atoms with Crippen molar-refractivity contribution in [2.45, 2.75) is 12.3 Å². The molecular weight excluding hydrogens is 254 g/mol. The Balaban J connectivity index is 2.77. The summed E-state index contributed by atoms with van der Waals surface area (Å²) in [5, 5.41) is 1.68. The number of carbonyl (C=O) groups excluding carboxylic acids is 1. The molecule has 1 rings (SSSR count). The minimum absolute atomic E-state index is 0.0778. The quantitative estimate of drug-likeness (QED) is 0.847. The summed E-state index contributed by atoms with van der Waals surface area (Å²) in [4.78, 5) is 16.4. The van der Waals surface area contributed by atoms with Crippen LogP contribution in [0.5, 0.6) is 0 Å². The monoisotopic (exact) mass is 265 g/mol. The minimum Gasteiger partial charge on any atom is -0.363 e. The van der Waals surface area contributed by atoms with Gasteiger partial charge in [-0.05, 0) is 12.1 Å². The van der Waals surface area contributed by atoms with Crippen LogP contribution in [-0.2, 0) is 4.79 Å². The van der Waals surface area contributed by atoms with Crippen molar-refractivity contribution in [3.63, 3.8) is 0 Å². The number of halogens is 4. The van der Waals surface area contributed by atoms with Gasteiger partial charge in [0, 0.05) is 14.1 Å². The number of nitrogens with zero attached hydrogens (tertiary/aromatic N) is 2. The summed E-state index contributed by atoms with van der Waals surface area (Å²) in [6.07, 6.45) is -2.94. The summed E-state index contributed by atoms with van der Waals surface area (Å²) in [5.74, 6) is -6.24. The topological polar surface area (TPSA) is 45.2 Å². The molecule has 0 saturated heterocycles. The second-order valence-electron chi connectivity index (χ2n) is 3.68. The Morgan fingerprint density at radius 3 is 2.39 bits per heavy atom. The number of hydrogen-bond donors (Lipinski definition) is 1. The highest BCUT2D eigenvalue weighted by Gasteiger charge is 2.48. The average molecular weight is 265 g/mol. The van der Waals surface area contributed by atoms with E-state index in [0.29, 0.717) is 5.82 Å². The first-order valence-corrected chi connectivity index (χ1v) is 4.86. The predicted molar refractivity (Wildman–Crippen MR) is 58.1 cm³/mol. The van der Waals surface area contributed by atoms with Crippen molar-refractivity contribution in [2.75, 3.05) is 24.3 Å². The molecular formula is C10H11F4N3O. The lowest BCUT2D eigenvalue weighted by Crippen LogP contribution is -2.41. The van der Waals surface area contributed by atoms with Crippen molar-refractivity contribution in [1.29, 1.82) is 0 Å². The molecule has 100 valence electrons. The van der Waals surface area contributed by atoms with Gasteiger partial charge in [0.1, 0.15) is 5.82 Å². The van der Waals surface area contributed by atoms with Gasteiger partial charge in [-0.2, -0.15) is 8.78 Å². The number of hydrogen-bond acceptors (Lipinski definition) is 3. The minimum atomic E-state index is -4.72. The van der Waals surface area contributed by atoms with E-state index in [1.807, 2.05) is 0 Å². The summed E-state index contributed by atoms with van der Waals surface area (Å²) in [5.41, 5.74) is -0.0778. The van der Waals surface area contributed by atoms with Crippen molar-refractivity contribution in [3.05, 3.63) is 18.3 Å². The van der Waals surface area contributed by atoms with Crippen LogP contribution in [0, 0.1) is 0 Å². The van der Waals surface area contributed by atoms with Gasteiger partial charge in [0.15, 0.2) is 0 Å². The largest absolute Gasteiger partial charge is 0.383 e. The highest BCUT2D eigenvalue weighted by Crippen LogP contribution is 2.24. The molecule has 4 nitrogen and oxygen atoms in total. The molecule has 0 aliphatic rings. The van der Waals surface area contributed by atoms with E-state index in [2.05, 4.69) is 4.98 Å². The van der Waals surface area contributed by atoms with Gasteiger partial charge in [-0.25, -0.2) is 13.8 Å². The van der Waals surface area contributed by atoms with Gasteiger partial charge >= 0.3 is 18.3 Å². The third-order valence-corrected chi connectivity index (χ3v) is 2.04. The molecule has 1 heterocycles. The second-order valence-corrected chi connectivity index (χ2v) is 3.68. The SMILES string of the molecule is CN(C)c1ccc(NC(=O)C(F)(F)C(F)F)cn1. The third-order valence-electron chi connectivity index (χ3n) is 2.04. The lowest BCUT2D eigenvalue weighted by atomic mass is 10.3. The van der Waals surface area contributed by atoms with Crippen molar-refractivity contribution in [1.82, 2.24) is 4.98 Å². The van der Waals surface area contributed by atoms with Crippen molar-refractivity contribution < 1.29 is 22.4 Å². The van der Waals surface area contributed by atoms with Crippen molar-refractivity contribution in [3.8, 4) is 0 Å². The summed E-state index contributed by atoms with van der Waals surface area (Å²) < 4.78 is 49.1. The van der Waals surface area contributed by atoms with Crippen LogP contribution in [0.3, 0.4) is 0 Å². The van der Waals surface area contributed by atoms with E-state index in [1.165, 1.54) is 12.1 Å². The molecule has 18 heavy (non-hydrogen) atoms. The molecule has 8 heteroatoms. The smallest absolute Gasteiger partial charge is 0.363 e. The van der Waals surface area contributed by atoms with Gasteiger partial charge in [0.2, 0.25) is 0 Å². The molecule has 0 aliphatic heterocycles. The van der Waals surface area contributed by atoms with E-state index in [1.54, 1.807) is 24.3 Å². The van der Waals surface area contributed by atoms with Crippen LogP contribution >= 0.6 is 0 Å². The van der Waals surface area contributed by atoms with Gasteiger partial charge in [0.05, 0.1) is 11.9 Å². The Bertz CT molecular complexity index is 420. The molecule has 0 saturated carbocycles. The molecule has 0 spiro atoms. The maximum absolute atomic E-state index is 12.6. The fraction of sp³-hybridized carbons (Fsp3) is 0.400. The highest BCUT2D eigenvalue weighted by atomic mass is 19.3. The van der Waals surface area contributed by atoms with Crippen LogP contribution in [0.15, 0.2) is 18.3 Å². The molecule has 0 aliphatic carbocycles. The Hall–Kier alpha value is -1.86. The lowest BCUT2D eigenvalue weighted by molar-refractivity contribution is -0.163. The van der Waals surface area contributed by atoms with Crippen molar-refractivity contribution >= 4 is 17.4 Å². The van der Waals surface area contributed by atoms with Crippen LogP contribution < -0.4 is 10.2 Å². The number of carbonyl (C=O) groups is 1. The maximum atomic E-state index is 12.6. The standard InChI is InChI=1S/C10H11F4N3O/c1-17(2)7-4-3-6(5-15-7)16-9(18)10(13,14)8(11)12/h3-5,8H,1-2H3,(H,16,18). The molecule has 0 radical (unpaired) electrons. The predicted octanol–water partition coefficient (Wildman–Crippen LogP) is 1.99. The molecule has 1 aromatic heterocycles. The highest BCUT2D eigenvalue weighted by molar-refractivity contribution is 5.96. The molecule has 0 unspecified atom stereocenters. The first kappa shape index (κ1) is 14.2. The van der Waals surface area contributed by atoms with Crippen LogP contribution in [-0.4, -0.2) is 37.3 Å². The summed E-state index contributed by atoms with van der Waals surface area (Å²) in [6, 6.07) is 2.75. The van der Waals surface area contributed by atoms with E-state index >= 15 is 0 Å². The van der Waals surface area contributed by atoms with Crippen LogP contribution in [0.1, 0.15) is 0 Å². The zero-order valence-corrected chi connectivity index (χ0v) is 9.62. The molecule has 0 fully saturated rings. The number of anilines is 2. The van der Waals surface area contributed by atoms with Crippen molar-refractivity contribution in [2.24, 2.45) is 0 Å². The van der Waals surface area contributed by atoms with Crippen LogP contribution in [0.4, 0.5) is 29.1 Å². The van der Waals surface area contributed by atoms with Gasteiger partial charge < -0.3 is 10.2 Å². The Morgan fingerprint density at radius 1 is 1.39 bits per heavy atom. The van der Waals surface area contributed by atoms with E-state index in [-0.39, 0.29) is 5.69 Å². The van der Waals surface area contributed by atoms with Crippen LogP contribution in [0.25, 0.3) is 0 Å². The number of alkyl halides is 4. The number of nitrogens with one attached hydrogen (secondary N) is 1. The van der Waals surface area contributed by atoms with E-state index in [9.17, 15) is 22.4 Å². The Kier molecular flexibility index (Phi) is 4.10. The molecule has 1 N–H and O–H groups in total. The third kappa shape index (κ3) is 3.08. The Morgan fingerprint density at radius 2 is 2.00 bits per heavy atom. The molecule has 0 bridgehead atoms. The van der Waals surface area contributed by atoms with Gasteiger partial charge in [-0.3, -0.25) is 4.79 Å².